The quantitative estimate of drug-likeness (QED) is 0.591. The fourth-order valence-corrected chi connectivity index (χ4v) is 3.82. The normalized spacial score (nSPS) is 18.9. The Kier molecular flexibility index (Phi) is 6.31. The van der Waals surface area contributed by atoms with E-state index < -0.39 is 12.1 Å². The molecule has 3 aromatic carbocycles. The van der Waals surface area contributed by atoms with E-state index in [4.69, 9.17) is 4.74 Å². The number of nitrogens with one attached hydrogen (secondary N) is 2. The van der Waals surface area contributed by atoms with Gasteiger partial charge in [0, 0.05) is 16.7 Å². The van der Waals surface area contributed by atoms with Crippen LogP contribution in [0.1, 0.15) is 40.0 Å². The van der Waals surface area contributed by atoms with Crippen molar-refractivity contribution in [1.82, 2.24) is 10.7 Å². The number of nitrogens with zero attached hydrogens (tertiary/aromatic N) is 1. The van der Waals surface area contributed by atoms with Crippen molar-refractivity contribution in [2.75, 3.05) is 6.61 Å². The number of carbonyl (C=O) groups excluding carboxylic acids is 2. The Hall–Kier alpha value is -3.93. The number of hydrazine groups is 1. The van der Waals surface area contributed by atoms with Crippen LogP contribution < -0.4 is 15.5 Å². The first kappa shape index (κ1) is 21.3. The lowest BCUT2D eigenvalue weighted by atomic mass is 9.99. The lowest BCUT2D eigenvalue weighted by molar-refractivity contribution is -0.596. The molecule has 1 heterocycles. The van der Waals surface area contributed by atoms with Gasteiger partial charge in [-0.15, -0.1) is 10.1 Å². The van der Waals surface area contributed by atoms with Crippen molar-refractivity contribution in [1.29, 1.82) is 0 Å². The first-order valence-corrected chi connectivity index (χ1v) is 10.6. The van der Waals surface area contributed by atoms with E-state index in [1.54, 1.807) is 10.8 Å². The van der Waals surface area contributed by atoms with Gasteiger partial charge in [0.2, 0.25) is 12.3 Å². The topological polar surface area (TPSA) is 70.4 Å². The maximum Gasteiger partial charge on any atom is 0.304 e. The molecule has 0 spiro atoms. The van der Waals surface area contributed by atoms with Crippen LogP contribution in [0.15, 0.2) is 78.9 Å². The van der Waals surface area contributed by atoms with Crippen LogP contribution in [0, 0.1) is 6.92 Å². The van der Waals surface area contributed by atoms with Gasteiger partial charge in [-0.2, -0.15) is 0 Å². The van der Waals surface area contributed by atoms with Gasteiger partial charge in [0.1, 0.15) is 5.75 Å². The molecule has 6 nitrogen and oxygen atoms in total. The summed E-state index contributed by atoms with van der Waals surface area (Å²) < 4.78 is 7.26. The Balaban J connectivity index is 1.65. The minimum Gasteiger partial charge on any atom is -0.494 e. The third kappa shape index (κ3) is 4.70. The Morgan fingerprint density at radius 3 is 2.50 bits per heavy atom. The lowest BCUT2D eigenvalue weighted by Crippen LogP contribution is -2.42. The molecule has 32 heavy (non-hydrogen) atoms. The summed E-state index contributed by atoms with van der Waals surface area (Å²) in [5, 5.41) is 2.93. The molecule has 0 bridgehead atoms. The summed E-state index contributed by atoms with van der Waals surface area (Å²) in [7, 11) is 0. The van der Waals surface area contributed by atoms with Gasteiger partial charge < -0.3 is 10.1 Å². The second kappa shape index (κ2) is 9.47. The van der Waals surface area contributed by atoms with Crippen LogP contribution in [0.5, 0.6) is 5.75 Å². The average Bonchev–Trinajstić information content (AvgIpc) is 3.10. The van der Waals surface area contributed by atoms with Crippen molar-refractivity contribution in [3.8, 4) is 5.75 Å². The fraction of sp³-hybridized carbons (Fsp3) is 0.192. The number of ether oxygens (including phenoxy) is 1. The van der Waals surface area contributed by atoms with Crippen LogP contribution in [0.2, 0.25) is 0 Å². The van der Waals surface area contributed by atoms with E-state index in [2.05, 4.69) is 10.7 Å². The van der Waals surface area contributed by atoms with Crippen molar-refractivity contribution >= 4 is 18.0 Å². The second-order valence-corrected chi connectivity index (χ2v) is 7.69. The molecule has 162 valence electrons. The molecule has 4 rings (SSSR count). The van der Waals surface area contributed by atoms with E-state index in [1.165, 1.54) is 0 Å². The largest absolute Gasteiger partial charge is 0.494 e. The Labute approximate surface area is 187 Å². The predicted molar refractivity (Wildman–Crippen MR) is 123 cm³/mol. The zero-order valence-electron chi connectivity index (χ0n) is 18.1. The Morgan fingerprint density at radius 2 is 1.81 bits per heavy atom. The number of hydrogen-bond donors (Lipinski definition) is 2. The van der Waals surface area contributed by atoms with Crippen LogP contribution >= 0.6 is 0 Å². The summed E-state index contributed by atoms with van der Waals surface area (Å²) in [6.07, 6.45) is 1.87. The number of hydrazone groups is 1. The van der Waals surface area contributed by atoms with Crippen molar-refractivity contribution in [3.63, 3.8) is 0 Å². The zero-order valence-corrected chi connectivity index (χ0v) is 18.1. The maximum absolute atomic E-state index is 12.9. The third-order valence-electron chi connectivity index (χ3n) is 5.32. The summed E-state index contributed by atoms with van der Waals surface area (Å²) in [5.74, 6) is 0.248. The summed E-state index contributed by atoms with van der Waals surface area (Å²) in [4.78, 5) is 25.8. The molecule has 0 unspecified atom stereocenters. The number of benzene rings is 3. The smallest absolute Gasteiger partial charge is 0.304 e. The summed E-state index contributed by atoms with van der Waals surface area (Å²) in [6, 6.07) is 23.5. The molecular formula is C26H26N3O3+. The molecule has 1 saturated heterocycles. The highest BCUT2D eigenvalue weighted by Crippen LogP contribution is 2.25. The summed E-state index contributed by atoms with van der Waals surface area (Å²) in [5.41, 5.74) is 6.24. The van der Waals surface area contributed by atoms with Gasteiger partial charge in [0.15, 0.2) is 6.04 Å². The number of rotatable bonds is 6. The van der Waals surface area contributed by atoms with Gasteiger partial charge in [-0.3, -0.25) is 9.59 Å². The SMILES string of the molecule is CCOc1ccc(/C=[N+]2\NC(=O)[C@H](NC(=O)c3cccc(C)c3)[C@H]2c2ccccc2)cc1. The van der Waals surface area contributed by atoms with Crippen molar-refractivity contribution in [2.24, 2.45) is 0 Å². The van der Waals surface area contributed by atoms with Crippen molar-refractivity contribution < 1.29 is 19.0 Å². The second-order valence-electron chi connectivity index (χ2n) is 7.69. The van der Waals surface area contributed by atoms with Gasteiger partial charge in [0.25, 0.3) is 5.91 Å². The lowest BCUT2D eigenvalue weighted by Gasteiger charge is -2.15. The molecular weight excluding hydrogens is 402 g/mol. The Morgan fingerprint density at radius 1 is 1.06 bits per heavy atom. The van der Waals surface area contributed by atoms with Gasteiger partial charge in [-0.1, -0.05) is 48.0 Å². The molecule has 1 aliphatic heterocycles. The fourth-order valence-electron chi connectivity index (χ4n) is 3.82. The molecule has 1 aliphatic rings. The van der Waals surface area contributed by atoms with E-state index in [1.807, 2.05) is 92.9 Å². The van der Waals surface area contributed by atoms with E-state index in [-0.39, 0.29) is 11.8 Å². The number of carbonyl (C=O) groups is 2. The van der Waals surface area contributed by atoms with Crippen LogP contribution in [0.3, 0.4) is 0 Å². The molecule has 2 atom stereocenters. The van der Waals surface area contributed by atoms with E-state index in [0.717, 1.165) is 22.4 Å². The van der Waals surface area contributed by atoms with E-state index in [0.29, 0.717) is 12.2 Å². The van der Waals surface area contributed by atoms with Gasteiger partial charge in [0.05, 0.1) is 6.61 Å². The highest BCUT2D eigenvalue weighted by atomic mass is 16.5. The first-order chi connectivity index (χ1) is 15.5. The standard InChI is InChI=1S/C26H25N3O3/c1-3-32-22-14-12-19(13-15-22)17-29-24(20-9-5-4-6-10-20)23(26(31)28-29)27-25(30)21-11-7-8-18(2)16-21/h4-17,23-24H,3H2,1-2H3,(H-,27,28,30,31)/p+1/b29-17-/t23-,24-/m1/s1. The number of hydrogen-bond acceptors (Lipinski definition) is 3. The molecule has 1 fully saturated rings. The molecule has 2 N–H and O–H groups in total. The van der Waals surface area contributed by atoms with Gasteiger partial charge in [-0.05, 0) is 50.2 Å². The molecule has 0 radical (unpaired) electrons. The summed E-state index contributed by atoms with van der Waals surface area (Å²) in [6.45, 7) is 4.47. The molecule has 0 saturated carbocycles. The molecule has 2 amide bonds. The maximum atomic E-state index is 12.9. The van der Waals surface area contributed by atoms with Gasteiger partial charge in [-0.25, -0.2) is 0 Å². The average molecular weight is 429 g/mol. The molecule has 0 aromatic heterocycles. The molecule has 3 aromatic rings. The molecule has 0 aliphatic carbocycles. The van der Waals surface area contributed by atoms with Crippen molar-refractivity contribution in [2.45, 2.75) is 25.9 Å². The number of aryl methyl sites for hydroxylation is 1. The van der Waals surface area contributed by atoms with E-state index >= 15 is 0 Å². The highest BCUT2D eigenvalue weighted by molar-refractivity contribution is 5.98. The van der Waals surface area contributed by atoms with Crippen molar-refractivity contribution in [3.05, 3.63) is 101 Å². The Bertz CT molecular complexity index is 1140. The zero-order chi connectivity index (χ0) is 22.5. The first-order valence-electron chi connectivity index (χ1n) is 10.6. The van der Waals surface area contributed by atoms with Crippen LogP contribution in [-0.2, 0) is 4.79 Å². The van der Waals surface area contributed by atoms with E-state index in [9.17, 15) is 9.59 Å². The third-order valence-corrected chi connectivity index (χ3v) is 5.32. The van der Waals surface area contributed by atoms with Crippen LogP contribution in [-0.4, -0.2) is 35.4 Å². The van der Waals surface area contributed by atoms with Crippen LogP contribution in [0.25, 0.3) is 0 Å². The molecule has 6 heteroatoms. The highest BCUT2D eigenvalue weighted by Gasteiger charge is 2.47. The minimum absolute atomic E-state index is 0.262. The monoisotopic (exact) mass is 428 g/mol. The van der Waals surface area contributed by atoms with Crippen LogP contribution in [0.4, 0.5) is 0 Å². The minimum atomic E-state index is -0.746. The predicted octanol–water partition coefficient (Wildman–Crippen LogP) is 3.41. The number of amides is 2. The van der Waals surface area contributed by atoms with Gasteiger partial charge >= 0.3 is 5.91 Å². The summed E-state index contributed by atoms with van der Waals surface area (Å²) >= 11 is 0.